The van der Waals surface area contributed by atoms with E-state index in [-0.39, 0.29) is 37.9 Å². The van der Waals surface area contributed by atoms with Gasteiger partial charge < -0.3 is 19.4 Å². The van der Waals surface area contributed by atoms with Crippen LogP contribution in [0.2, 0.25) is 0 Å². The van der Waals surface area contributed by atoms with E-state index < -0.39 is 20.0 Å². The summed E-state index contributed by atoms with van der Waals surface area (Å²) in [5.74, 6) is -0.565. The second-order valence-corrected chi connectivity index (χ2v) is 25.8. The van der Waals surface area contributed by atoms with Gasteiger partial charge in [0.2, 0.25) is 5.91 Å². The van der Waals surface area contributed by atoms with Gasteiger partial charge in [-0.25, -0.2) is 4.57 Å². The molecule has 0 spiro atoms. The standard InChI is InChI=1S/C71H131N2O7P/c1-7-10-13-16-19-22-25-27-29-31-32-33-34-35-36-37-38-39-40-42-44-46-49-52-55-58-61-64-71(75)80-69(62-59-56-53-50-47-24-21-18-15-12-9-3)68(67-79-81(76,77)78-66-65-73(4,5)6)72-70(74)63-60-57-54-51-48-45-43-41-30-28-26-23-20-17-14-11-8-2/h11,14,20,23,28,30,43,45,51,54,59,62,68-69H,7-10,12-13,15-19,21-22,24-27,29,31-42,44,46-50,52-53,55-58,60-61,63-67H2,1-6H3,(H-,72,74,76,77)/p+1/b14-11-,23-20-,30-28-,45-43-,54-51-,62-59-. The highest BCUT2D eigenvalue weighted by atomic mass is 31.2. The summed E-state index contributed by atoms with van der Waals surface area (Å²) in [4.78, 5) is 37.7. The number of phosphoric ester groups is 1. The van der Waals surface area contributed by atoms with Crippen LogP contribution in [0.4, 0.5) is 0 Å². The Balaban J connectivity index is 5.03. The molecule has 472 valence electrons. The molecule has 9 nitrogen and oxygen atoms in total. The van der Waals surface area contributed by atoms with E-state index in [1.54, 1.807) is 0 Å². The van der Waals surface area contributed by atoms with Gasteiger partial charge in [-0.1, -0.05) is 306 Å². The van der Waals surface area contributed by atoms with Crippen molar-refractivity contribution in [2.24, 2.45) is 0 Å². The SMILES string of the molecule is CC/C=C\C/C=C\C/C=C\C/C=C\C/C=C\CCCC(=O)NC(COP(=O)(O)OCC[N+](C)(C)C)C(/C=C\CCCCCCCCCCC)OC(=O)CCCCCCCCCCCCCCCCCCCCCCCCCCCCC. The van der Waals surface area contributed by atoms with Gasteiger partial charge in [0, 0.05) is 12.8 Å². The van der Waals surface area contributed by atoms with E-state index in [1.165, 1.54) is 199 Å². The van der Waals surface area contributed by atoms with Crippen molar-refractivity contribution in [2.45, 2.75) is 328 Å². The highest BCUT2D eigenvalue weighted by Crippen LogP contribution is 2.43. The Hall–Kier alpha value is -2.55. The third-order valence-electron chi connectivity index (χ3n) is 15.2. The van der Waals surface area contributed by atoms with Gasteiger partial charge in [-0.05, 0) is 70.3 Å². The molecule has 0 rings (SSSR count). The molecule has 0 aliphatic carbocycles. The van der Waals surface area contributed by atoms with Gasteiger partial charge in [0.25, 0.3) is 0 Å². The second kappa shape index (κ2) is 60.6. The fourth-order valence-electron chi connectivity index (χ4n) is 9.92. The van der Waals surface area contributed by atoms with E-state index in [4.69, 9.17) is 13.8 Å². The van der Waals surface area contributed by atoms with E-state index in [9.17, 15) is 19.0 Å². The quantitative estimate of drug-likeness (QED) is 0.0205. The van der Waals surface area contributed by atoms with Gasteiger partial charge in [0.15, 0.2) is 0 Å². The molecule has 0 aromatic rings. The molecular weight excluding hydrogens is 1020 g/mol. The van der Waals surface area contributed by atoms with Crippen LogP contribution in [-0.2, 0) is 27.9 Å². The summed E-state index contributed by atoms with van der Waals surface area (Å²) in [6.07, 6.45) is 79.4. The lowest BCUT2D eigenvalue weighted by Crippen LogP contribution is -2.47. The van der Waals surface area contributed by atoms with E-state index in [2.05, 4.69) is 86.8 Å². The molecule has 3 unspecified atom stereocenters. The van der Waals surface area contributed by atoms with Crippen LogP contribution >= 0.6 is 7.82 Å². The Morgan fingerprint density at radius 1 is 0.444 bits per heavy atom. The number of hydrogen-bond donors (Lipinski definition) is 2. The molecule has 3 atom stereocenters. The predicted octanol–water partition coefficient (Wildman–Crippen LogP) is 21.6. The number of allylic oxidation sites excluding steroid dienone is 11. The molecule has 0 saturated heterocycles. The fraction of sp³-hybridized carbons (Fsp3) is 0.803. The molecule has 1 amide bonds. The predicted molar refractivity (Wildman–Crippen MR) is 351 cm³/mol. The van der Waals surface area contributed by atoms with Crippen molar-refractivity contribution in [3.63, 3.8) is 0 Å². The summed E-state index contributed by atoms with van der Waals surface area (Å²) in [5.41, 5.74) is 0. The topological polar surface area (TPSA) is 111 Å². The zero-order valence-corrected chi connectivity index (χ0v) is 54.9. The van der Waals surface area contributed by atoms with Crippen molar-refractivity contribution >= 4 is 19.7 Å². The van der Waals surface area contributed by atoms with Gasteiger partial charge in [-0.2, -0.15) is 0 Å². The molecule has 0 aromatic carbocycles. The number of carbonyl (C=O) groups is 2. The summed E-state index contributed by atoms with van der Waals surface area (Å²) in [6, 6.07) is -0.879. The number of nitrogens with zero attached hydrogens (tertiary/aromatic N) is 1. The summed E-state index contributed by atoms with van der Waals surface area (Å²) in [7, 11) is 1.46. The lowest BCUT2D eigenvalue weighted by molar-refractivity contribution is -0.870. The molecule has 0 heterocycles. The molecule has 10 heteroatoms. The molecule has 0 bridgehead atoms. The molecule has 81 heavy (non-hydrogen) atoms. The lowest BCUT2D eigenvalue weighted by atomic mass is 10.0. The number of likely N-dealkylation sites (N-methyl/N-ethyl adjacent to an activating group) is 1. The number of hydrogen-bond acceptors (Lipinski definition) is 6. The van der Waals surface area contributed by atoms with E-state index in [0.717, 1.165) is 77.0 Å². The fourth-order valence-corrected chi connectivity index (χ4v) is 10.7. The maximum Gasteiger partial charge on any atom is 0.472 e. The zero-order valence-electron chi connectivity index (χ0n) is 54.0. The Morgan fingerprint density at radius 2 is 0.802 bits per heavy atom. The summed E-state index contributed by atoms with van der Waals surface area (Å²) >= 11 is 0. The van der Waals surface area contributed by atoms with Crippen LogP contribution in [0.5, 0.6) is 0 Å². The number of phosphoric acid groups is 1. The van der Waals surface area contributed by atoms with Crippen molar-refractivity contribution in [1.29, 1.82) is 0 Å². The van der Waals surface area contributed by atoms with E-state index >= 15 is 0 Å². The summed E-state index contributed by atoms with van der Waals surface area (Å²) < 4.78 is 30.7. The Bertz CT molecular complexity index is 1620. The molecule has 0 radical (unpaired) electrons. The van der Waals surface area contributed by atoms with E-state index in [0.29, 0.717) is 17.4 Å². The van der Waals surface area contributed by atoms with Crippen molar-refractivity contribution in [3.8, 4) is 0 Å². The maximum atomic E-state index is 13.5. The first-order chi connectivity index (χ1) is 39.4. The third kappa shape index (κ3) is 61.8. The summed E-state index contributed by atoms with van der Waals surface area (Å²) in [6.45, 7) is 6.88. The van der Waals surface area contributed by atoms with Crippen LogP contribution in [-0.4, -0.2) is 74.3 Å². The van der Waals surface area contributed by atoms with Crippen LogP contribution in [0.25, 0.3) is 0 Å². The molecule has 0 saturated carbocycles. The highest BCUT2D eigenvalue weighted by Gasteiger charge is 2.30. The van der Waals surface area contributed by atoms with Gasteiger partial charge in [0.1, 0.15) is 19.3 Å². The zero-order chi connectivity index (χ0) is 59.3. The lowest BCUT2D eigenvalue weighted by Gasteiger charge is -2.27. The first-order valence-electron chi connectivity index (χ1n) is 34.3. The molecule has 0 fully saturated rings. The first kappa shape index (κ1) is 78.5. The van der Waals surface area contributed by atoms with E-state index in [1.807, 2.05) is 33.3 Å². The number of carbonyl (C=O) groups excluding carboxylic acids is 2. The molecular formula is C71H132N2O7P+. The monoisotopic (exact) mass is 1160 g/mol. The van der Waals surface area contributed by atoms with Crippen molar-refractivity contribution in [3.05, 3.63) is 72.9 Å². The maximum absolute atomic E-state index is 13.5. The average Bonchev–Trinajstić information content (AvgIpc) is 3.44. The van der Waals surface area contributed by atoms with Crippen LogP contribution < -0.4 is 5.32 Å². The highest BCUT2D eigenvalue weighted by molar-refractivity contribution is 7.47. The van der Waals surface area contributed by atoms with Crippen molar-refractivity contribution in [1.82, 2.24) is 5.32 Å². The minimum absolute atomic E-state index is 0.0286. The van der Waals surface area contributed by atoms with Crippen LogP contribution in [0, 0.1) is 0 Å². The number of rotatable bonds is 62. The minimum Gasteiger partial charge on any atom is -0.456 e. The smallest absolute Gasteiger partial charge is 0.456 e. The second-order valence-electron chi connectivity index (χ2n) is 24.3. The van der Waals surface area contributed by atoms with Crippen molar-refractivity contribution in [2.75, 3.05) is 40.9 Å². The molecule has 0 aromatic heterocycles. The Labute approximate surface area is 502 Å². The Morgan fingerprint density at radius 3 is 1.20 bits per heavy atom. The number of unbranched alkanes of at least 4 members (excludes halogenated alkanes) is 36. The van der Waals surface area contributed by atoms with Crippen LogP contribution in [0.15, 0.2) is 72.9 Å². The molecule has 0 aliphatic rings. The number of ether oxygens (including phenoxy) is 1. The minimum atomic E-state index is -4.47. The number of quaternary nitrogens is 1. The first-order valence-corrected chi connectivity index (χ1v) is 35.8. The van der Waals surface area contributed by atoms with Crippen LogP contribution in [0.3, 0.4) is 0 Å². The molecule has 0 aliphatic heterocycles. The number of nitrogens with one attached hydrogen (secondary N) is 1. The van der Waals surface area contributed by atoms with Gasteiger partial charge in [-0.15, -0.1) is 0 Å². The third-order valence-corrected chi connectivity index (χ3v) is 16.1. The Kier molecular flexibility index (Phi) is 58.7. The summed E-state index contributed by atoms with van der Waals surface area (Å²) in [5, 5.41) is 3.03. The number of amides is 1. The van der Waals surface area contributed by atoms with Crippen molar-refractivity contribution < 1.29 is 37.3 Å². The average molecular weight is 1160 g/mol. The van der Waals surface area contributed by atoms with Crippen LogP contribution in [0.1, 0.15) is 316 Å². The number of esters is 1. The molecule has 2 N–H and O–H groups in total. The van der Waals surface area contributed by atoms with Gasteiger partial charge in [0.05, 0.1) is 33.8 Å². The normalized spacial score (nSPS) is 14.0. The largest absolute Gasteiger partial charge is 0.472 e. The van der Waals surface area contributed by atoms with Gasteiger partial charge in [-0.3, -0.25) is 18.6 Å². The van der Waals surface area contributed by atoms with Gasteiger partial charge >= 0.3 is 13.8 Å².